The maximum atomic E-state index is 13.9. The Morgan fingerprint density at radius 2 is 1.95 bits per heavy atom. The SMILES string of the molecule is CNc1nc(N2CCC(CN(C)C)CC2)c(F)cc1F. The molecule has 0 amide bonds. The van der Waals surface area contributed by atoms with Crippen LogP contribution in [0.25, 0.3) is 0 Å². The number of piperidine rings is 1. The second kappa shape index (κ2) is 6.35. The van der Waals surface area contributed by atoms with Crippen molar-refractivity contribution in [3.05, 3.63) is 17.7 Å². The van der Waals surface area contributed by atoms with Gasteiger partial charge in [-0.3, -0.25) is 0 Å². The predicted octanol–water partition coefficient (Wildman–Crippen LogP) is 2.18. The van der Waals surface area contributed by atoms with E-state index in [1.165, 1.54) is 0 Å². The minimum absolute atomic E-state index is 0.0943. The zero-order chi connectivity index (χ0) is 14.7. The Balaban J connectivity index is 2.07. The van der Waals surface area contributed by atoms with Crippen molar-refractivity contribution in [2.75, 3.05) is 51.0 Å². The molecule has 20 heavy (non-hydrogen) atoms. The largest absolute Gasteiger partial charge is 0.371 e. The number of pyridine rings is 1. The second-order valence-corrected chi connectivity index (χ2v) is 5.57. The van der Waals surface area contributed by atoms with Gasteiger partial charge in [-0.25, -0.2) is 13.8 Å². The van der Waals surface area contributed by atoms with Crippen LogP contribution in [-0.2, 0) is 0 Å². The van der Waals surface area contributed by atoms with Crippen molar-refractivity contribution in [3.8, 4) is 0 Å². The third-order valence-corrected chi connectivity index (χ3v) is 3.69. The van der Waals surface area contributed by atoms with E-state index in [1.54, 1.807) is 7.05 Å². The maximum absolute atomic E-state index is 13.9. The van der Waals surface area contributed by atoms with Gasteiger partial charge in [0.25, 0.3) is 0 Å². The van der Waals surface area contributed by atoms with Crippen LogP contribution in [0.15, 0.2) is 6.07 Å². The van der Waals surface area contributed by atoms with Gasteiger partial charge in [0, 0.05) is 32.7 Å². The minimum atomic E-state index is -0.656. The van der Waals surface area contributed by atoms with Crippen molar-refractivity contribution < 1.29 is 8.78 Å². The van der Waals surface area contributed by atoms with Gasteiger partial charge in [0.05, 0.1) is 0 Å². The Morgan fingerprint density at radius 3 is 2.50 bits per heavy atom. The predicted molar refractivity (Wildman–Crippen MR) is 77.2 cm³/mol. The van der Waals surface area contributed by atoms with Crippen LogP contribution in [0.1, 0.15) is 12.8 Å². The Labute approximate surface area is 118 Å². The van der Waals surface area contributed by atoms with Crippen LogP contribution in [0.3, 0.4) is 0 Å². The van der Waals surface area contributed by atoms with E-state index < -0.39 is 11.6 Å². The van der Waals surface area contributed by atoms with Crippen molar-refractivity contribution in [3.63, 3.8) is 0 Å². The molecule has 1 saturated heterocycles. The smallest absolute Gasteiger partial charge is 0.168 e. The lowest BCUT2D eigenvalue weighted by Crippen LogP contribution is -2.38. The van der Waals surface area contributed by atoms with E-state index in [-0.39, 0.29) is 11.6 Å². The first-order valence-corrected chi connectivity index (χ1v) is 6.94. The zero-order valence-electron chi connectivity index (χ0n) is 12.3. The van der Waals surface area contributed by atoms with Crippen LogP contribution in [0.2, 0.25) is 0 Å². The quantitative estimate of drug-likeness (QED) is 0.918. The summed E-state index contributed by atoms with van der Waals surface area (Å²) in [5, 5.41) is 2.65. The van der Waals surface area contributed by atoms with Gasteiger partial charge in [0.1, 0.15) is 0 Å². The van der Waals surface area contributed by atoms with Gasteiger partial charge in [-0.15, -0.1) is 0 Å². The first kappa shape index (κ1) is 15.0. The molecule has 0 saturated carbocycles. The van der Waals surface area contributed by atoms with Crippen molar-refractivity contribution in [2.24, 2.45) is 5.92 Å². The van der Waals surface area contributed by atoms with Crippen LogP contribution in [0.4, 0.5) is 20.4 Å². The fourth-order valence-electron chi connectivity index (χ4n) is 2.70. The molecule has 1 aromatic rings. The summed E-state index contributed by atoms with van der Waals surface area (Å²) in [6.07, 6.45) is 2.01. The number of aromatic nitrogens is 1. The molecule has 1 aliphatic heterocycles. The summed E-state index contributed by atoms with van der Waals surface area (Å²) in [6, 6.07) is 0.903. The van der Waals surface area contributed by atoms with E-state index in [9.17, 15) is 8.78 Å². The lowest BCUT2D eigenvalue weighted by molar-refractivity contribution is 0.284. The van der Waals surface area contributed by atoms with E-state index in [0.29, 0.717) is 5.92 Å². The molecule has 0 aliphatic carbocycles. The highest BCUT2D eigenvalue weighted by Gasteiger charge is 2.23. The van der Waals surface area contributed by atoms with E-state index in [4.69, 9.17) is 0 Å². The molecule has 2 rings (SSSR count). The summed E-state index contributed by atoms with van der Waals surface area (Å²) in [7, 11) is 5.70. The van der Waals surface area contributed by atoms with Crippen LogP contribution < -0.4 is 10.2 Å². The molecule has 0 atom stereocenters. The standard InChI is InChI=1S/C14H22F2N4/c1-17-13-11(15)8-12(16)14(18-13)20-6-4-10(5-7-20)9-19(2)3/h8,10H,4-7,9H2,1-3H3,(H,17,18). The fraction of sp³-hybridized carbons (Fsp3) is 0.643. The molecule has 1 aromatic heterocycles. The topological polar surface area (TPSA) is 31.4 Å². The molecule has 1 aliphatic rings. The number of hydrogen-bond acceptors (Lipinski definition) is 4. The van der Waals surface area contributed by atoms with E-state index in [1.807, 2.05) is 4.90 Å². The van der Waals surface area contributed by atoms with Crippen LogP contribution in [-0.4, -0.2) is 50.7 Å². The fourth-order valence-corrected chi connectivity index (χ4v) is 2.70. The number of hydrogen-bond donors (Lipinski definition) is 1. The Bertz CT molecular complexity index is 457. The van der Waals surface area contributed by atoms with Crippen molar-refractivity contribution in [1.82, 2.24) is 9.88 Å². The van der Waals surface area contributed by atoms with Crippen LogP contribution >= 0.6 is 0 Å². The minimum Gasteiger partial charge on any atom is -0.371 e. The third kappa shape index (κ3) is 3.36. The molecule has 6 heteroatoms. The van der Waals surface area contributed by atoms with Gasteiger partial charge < -0.3 is 15.1 Å². The molecule has 0 aromatic carbocycles. The molecule has 0 unspecified atom stereocenters. The Morgan fingerprint density at radius 1 is 1.30 bits per heavy atom. The second-order valence-electron chi connectivity index (χ2n) is 5.57. The molecule has 4 nitrogen and oxygen atoms in total. The number of rotatable bonds is 4. The highest BCUT2D eigenvalue weighted by Crippen LogP contribution is 2.26. The molecule has 0 spiro atoms. The van der Waals surface area contributed by atoms with Crippen molar-refractivity contribution >= 4 is 11.6 Å². The molecular formula is C14H22F2N4. The van der Waals surface area contributed by atoms with Gasteiger partial charge in [-0.2, -0.15) is 0 Å². The first-order valence-electron chi connectivity index (χ1n) is 6.94. The zero-order valence-corrected chi connectivity index (χ0v) is 12.3. The van der Waals surface area contributed by atoms with Gasteiger partial charge >= 0.3 is 0 Å². The highest BCUT2D eigenvalue weighted by molar-refractivity contribution is 5.49. The number of halogens is 2. The average Bonchev–Trinajstić information content (AvgIpc) is 2.39. The summed E-state index contributed by atoms with van der Waals surface area (Å²) in [4.78, 5) is 8.14. The maximum Gasteiger partial charge on any atom is 0.168 e. The van der Waals surface area contributed by atoms with Crippen LogP contribution in [0, 0.1) is 17.6 Å². The van der Waals surface area contributed by atoms with Crippen LogP contribution in [0.5, 0.6) is 0 Å². The van der Waals surface area contributed by atoms with Gasteiger partial charge in [0.2, 0.25) is 0 Å². The molecule has 1 N–H and O–H groups in total. The van der Waals surface area contributed by atoms with Crippen molar-refractivity contribution in [2.45, 2.75) is 12.8 Å². The van der Waals surface area contributed by atoms with Gasteiger partial charge in [0.15, 0.2) is 23.3 Å². The van der Waals surface area contributed by atoms with E-state index >= 15 is 0 Å². The van der Waals surface area contributed by atoms with Gasteiger partial charge in [-0.05, 0) is 32.9 Å². The monoisotopic (exact) mass is 284 g/mol. The number of nitrogens with one attached hydrogen (secondary N) is 1. The summed E-state index contributed by atoms with van der Waals surface area (Å²) in [5.41, 5.74) is 0. The molecule has 112 valence electrons. The summed E-state index contributed by atoms with van der Waals surface area (Å²) >= 11 is 0. The summed E-state index contributed by atoms with van der Waals surface area (Å²) < 4.78 is 27.3. The lowest BCUT2D eigenvalue weighted by atomic mass is 9.96. The molecule has 0 radical (unpaired) electrons. The molecule has 0 bridgehead atoms. The normalized spacial score (nSPS) is 16.8. The first-order chi connectivity index (χ1) is 9.51. The van der Waals surface area contributed by atoms with Gasteiger partial charge in [-0.1, -0.05) is 0 Å². The third-order valence-electron chi connectivity index (χ3n) is 3.69. The number of nitrogens with zero attached hydrogens (tertiary/aromatic N) is 3. The lowest BCUT2D eigenvalue weighted by Gasteiger charge is -2.34. The molecular weight excluding hydrogens is 262 g/mol. The Kier molecular flexibility index (Phi) is 4.75. The van der Waals surface area contributed by atoms with E-state index in [2.05, 4.69) is 29.3 Å². The Hall–Kier alpha value is -1.43. The van der Waals surface area contributed by atoms with E-state index in [0.717, 1.165) is 38.5 Å². The number of anilines is 2. The highest BCUT2D eigenvalue weighted by atomic mass is 19.1. The summed E-state index contributed by atoms with van der Waals surface area (Å²) in [5.74, 6) is -0.270. The van der Waals surface area contributed by atoms with Crippen molar-refractivity contribution in [1.29, 1.82) is 0 Å². The molecule has 1 fully saturated rings. The molecule has 2 heterocycles. The average molecular weight is 284 g/mol. The summed E-state index contributed by atoms with van der Waals surface area (Å²) in [6.45, 7) is 2.57.